The summed E-state index contributed by atoms with van der Waals surface area (Å²) in [4.78, 5) is 37.6. The number of fused-ring (bicyclic) bond motifs is 1. The number of nitrogens with one attached hydrogen (secondary N) is 1. The van der Waals surface area contributed by atoms with Crippen LogP contribution in [0.3, 0.4) is 0 Å². The van der Waals surface area contributed by atoms with Gasteiger partial charge < -0.3 is 14.4 Å². The van der Waals surface area contributed by atoms with E-state index in [2.05, 4.69) is 15.3 Å². The fourth-order valence-electron chi connectivity index (χ4n) is 4.50. The molecule has 10 heteroatoms. The van der Waals surface area contributed by atoms with Crippen molar-refractivity contribution in [2.24, 2.45) is 4.99 Å². The third kappa shape index (κ3) is 4.90. The van der Waals surface area contributed by atoms with Crippen molar-refractivity contribution < 1.29 is 14.0 Å². The maximum atomic E-state index is 14.3. The Morgan fingerprint density at radius 2 is 1.94 bits per heavy atom. The van der Waals surface area contributed by atoms with Gasteiger partial charge in [0.2, 0.25) is 5.91 Å². The van der Waals surface area contributed by atoms with E-state index in [1.165, 1.54) is 12.1 Å². The first-order valence-corrected chi connectivity index (χ1v) is 11.7. The Balaban J connectivity index is 1.33. The van der Waals surface area contributed by atoms with Gasteiger partial charge in [0.05, 0.1) is 11.3 Å². The summed E-state index contributed by atoms with van der Waals surface area (Å²) in [6.07, 6.45) is 5.92. The summed E-state index contributed by atoms with van der Waals surface area (Å²) in [5.41, 5.74) is 2.79. The number of imidazole rings is 1. The van der Waals surface area contributed by atoms with Crippen molar-refractivity contribution in [2.45, 2.75) is 32.1 Å². The lowest BCUT2D eigenvalue weighted by molar-refractivity contribution is -0.130. The van der Waals surface area contributed by atoms with E-state index in [0.29, 0.717) is 44.0 Å². The van der Waals surface area contributed by atoms with Gasteiger partial charge >= 0.3 is 6.03 Å². The molecular weight excluding hydrogens is 471 g/mol. The molecule has 180 valence electrons. The van der Waals surface area contributed by atoms with Crippen LogP contribution in [0.25, 0.3) is 0 Å². The number of halogens is 2. The molecule has 0 spiro atoms. The van der Waals surface area contributed by atoms with Crippen LogP contribution < -0.4 is 5.32 Å². The number of amides is 3. The molecule has 0 bridgehead atoms. The summed E-state index contributed by atoms with van der Waals surface area (Å²) in [5, 5.41) is 2.78. The SMILES string of the molecule is O=C(CN=C1NC(=O)N(CCCn2ccnc2)C1c1ccc(Cl)c(F)c1)N1Cc2ccccc2C1. The van der Waals surface area contributed by atoms with E-state index >= 15 is 0 Å². The van der Waals surface area contributed by atoms with E-state index in [-0.39, 0.29) is 23.5 Å². The average molecular weight is 495 g/mol. The van der Waals surface area contributed by atoms with Gasteiger partial charge in [0.1, 0.15) is 24.2 Å². The van der Waals surface area contributed by atoms with Crippen LogP contribution >= 0.6 is 11.6 Å². The molecule has 5 rings (SSSR count). The van der Waals surface area contributed by atoms with Crippen LogP contribution in [0, 0.1) is 5.82 Å². The Morgan fingerprint density at radius 3 is 2.63 bits per heavy atom. The molecule has 2 aliphatic heterocycles. The molecule has 0 radical (unpaired) electrons. The van der Waals surface area contributed by atoms with Gasteiger partial charge in [-0.2, -0.15) is 0 Å². The quantitative estimate of drug-likeness (QED) is 0.542. The normalized spacial score (nSPS) is 18.3. The van der Waals surface area contributed by atoms with Crippen molar-refractivity contribution in [3.8, 4) is 0 Å². The number of aromatic nitrogens is 2. The van der Waals surface area contributed by atoms with Gasteiger partial charge in [-0.3, -0.25) is 15.1 Å². The van der Waals surface area contributed by atoms with Crippen LogP contribution in [0.15, 0.2) is 66.2 Å². The minimum absolute atomic E-state index is 0.0000402. The highest BCUT2D eigenvalue weighted by molar-refractivity contribution is 6.30. The molecule has 1 aromatic heterocycles. The zero-order valence-corrected chi connectivity index (χ0v) is 19.7. The summed E-state index contributed by atoms with van der Waals surface area (Å²) >= 11 is 5.88. The molecule has 3 amide bonds. The van der Waals surface area contributed by atoms with Crippen LogP contribution in [-0.2, 0) is 24.4 Å². The van der Waals surface area contributed by atoms with Crippen molar-refractivity contribution in [2.75, 3.05) is 13.1 Å². The van der Waals surface area contributed by atoms with Crippen LogP contribution in [0.4, 0.5) is 9.18 Å². The number of carbonyl (C=O) groups is 2. The van der Waals surface area contributed by atoms with Gasteiger partial charge in [0.25, 0.3) is 0 Å². The molecule has 2 aromatic carbocycles. The fourth-order valence-corrected chi connectivity index (χ4v) is 4.61. The van der Waals surface area contributed by atoms with Crippen molar-refractivity contribution in [1.82, 2.24) is 24.7 Å². The summed E-state index contributed by atoms with van der Waals surface area (Å²) in [5.74, 6) is -0.390. The molecule has 35 heavy (non-hydrogen) atoms. The predicted octanol–water partition coefficient (Wildman–Crippen LogP) is 3.77. The maximum Gasteiger partial charge on any atom is 0.323 e. The molecule has 1 unspecified atom stereocenters. The zero-order valence-electron chi connectivity index (χ0n) is 18.9. The fraction of sp³-hybridized carbons (Fsp3) is 0.280. The Labute approximate surface area is 207 Å². The number of hydrogen-bond donors (Lipinski definition) is 1. The number of aryl methyl sites for hydroxylation is 1. The molecule has 1 fully saturated rings. The predicted molar refractivity (Wildman–Crippen MR) is 129 cm³/mol. The van der Waals surface area contributed by atoms with E-state index in [1.54, 1.807) is 28.4 Å². The molecule has 1 N–H and O–H groups in total. The van der Waals surface area contributed by atoms with Crippen molar-refractivity contribution in [3.05, 3.63) is 88.7 Å². The highest BCUT2D eigenvalue weighted by Crippen LogP contribution is 2.30. The Hall–Kier alpha value is -3.72. The highest BCUT2D eigenvalue weighted by atomic mass is 35.5. The number of nitrogens with zero attached hydrogens (tertiary/aromatic N) is 5. The second kappa shape index (κ2) is 9.87. The summed E-state index contributed by atoms with van der Waals surface area (Å²) < 4.78 is 16.2. The lowest BCUT2D eigenvalue weighted by Gasteiger charge is -2.23. The third-order valence-corrected chi connectivity index (χ3v) is 6.59. The van der Waals surface area contributed by atoms with Crippen LogP contribution in [0.2, 0.25) is 5.02 Å². The van der Waals surface area contributed by atoms with Crippen molar-refractivity contribution >= 4 is 29.4 Å². The number of benzene rings is 2. The summed E-state index contributed by atoms with van der Waals surface area (Å²) in [6.45, 7) is 2.05. The van der Waals surface area contributed by atoms with E-state index in [0.717, 1.165) is 11.1 Å². The maximum absolute atomic E-state index is 14.3. The third-order valence-electron chi connectivity index (χ3n) is 6.28. The minimum Gasteiger partial charge on any atom is -0.337 e. The smallest absolute Gasteiger partial charge is 0.323 e. The van der Waals surface area contributed by atoms with Gasteiger partial charge in [-0.25, -0.2) is 14.2 Å². The number of carbonyl (C=O) groups excluding carboxylic acids is 2. The molecule has 3 aromatic rings. The molecule has 2 aliphatic rings. The number of urea groups is 1. The Morgan fingerprint density at radius 1 is 1.17 bits per heavy atom. The van der Waals surface area contributed by atoms with Gasteiger partial charge in [0, 0.05) is 38.6 Å². The molecule has 1 atom stereocenters. The standard InChI is InChI=1S/C25H24ClFN6O2/c26-20-7-6-17(12-21(20)27)23-24(30-25(35)33(23)10-3-9-31-11-8-28-16-31)29-13-22(34)32-14-18-4-1-2-5-19(18)15-32/h1-2,4-8,11-12,16,23H,3,9-10,13-15H2,(H,29,30,35). The van der Waals surface area contributed by atoms with Gasteiger partial charge in [-0.1, -0.05) is 41.9 Å². The van der Waals surface area contributed by atoms with E-state index in [1.807, 2.05) is 35.0 Å². The molecule has 8 nitrogen and oxygen atoms in total. The molecular formula is C25H24ClFN6O2. The number of aliphatic imine (C=N–C) groups is 1. The molecule has 3 heterocycles. The molecule has 0 saturated carbocycles. The molecule has 0 aliphatic carbocycles. The Kier molecular flexibility index (Phi) is 6.50. The van der Waals surface area contributed by atoms with Crippen LogP contribution in [0.1, 0.15) is 29.2 Å². The van der Waals surface area contributed by atoms with Crippen molar-refractivity contribution in [1.29, 1.82) is 0 Å². The van der Waals surface area contributed by atoms with Crippen LogP contribution in [-0.4, -0.2) is 50.2 Å². The van der Waals surface area contributed by atoms with Gasteiger partial charge in [-0.05, 0) is 35.2 Å². The van der Waals surface area contributed by atoms with E-state index in [9.17, 15) is 14.0 Å². The second-order valence-corrected chi connectivity index (χ2v) is 8.98. The monoisotopic (exact) mass is 494 g/mol. The average Bonchev–Trinajstić information content (AvgIpc) is 3.59. The first-order chi connectivity index (χ1) is 17.0. The molecule has 1 saturated heterocycles. The summed E-state index contributed by atoms with van der Waals surface area (Å²) in [7, 11) is 0. The van der Waals surface area contributed by atoms with Gasteiger partial charge in [-0.15, -0.1) is 0 Å². The zero-order chi connectivity index (χ0) is 24.4. The lowest BCUT2D eigenvalue weighted by atomic mass is 10.0. The second-order valence-electron chi connectivity index (χ2n) is 8.57. The largest absolute Gasteiger partial charge is 0.337 e. The van der Waals surface area contributed by atoms with Crippen molar-refractivity contribution in [3.63, 3.8) is 0 Å². The number of hydrogen-bond acceptors (Lipinski definition) is 4. The topological polar surface area (TPSA) is 82.8 Å². The summed E-state index contributed by atoms with van der Waals surface area (Å²) in [6, 6.07) is 11.4. The Bertz CT molecular complexity index is 1250. The van der Waals surface area contributed by atoms with E-state index < -0.39 is 11.9 Å². The van der Waals surface area contributed by atoms with E-state index in [4.69, 9.17) is 11.6 Å². The van der Waals surface area contributed by atoms with Gasteiger partial charge in [0.15, 0.2) is 0 Å². The highest BCUT2D eigenvalue weighted by Gasteiger charge is 2.38. The number of amidine groups is 1. The first kappa shape index (κ1) is 23.0. The number of rotatable bonds is 7. The minimum atomic E-state index is -0.638. The lowest BCUT2D eigenvalue weighted by Crippen LogP contribution is -2.31. The van der Waals surface area contributed by atoms with Crippen LogP contribution in [0.5, 0.6) is 0 Å². The first-order valence-electron chi connectivity index (χ1n) is 11.4.